The van der Waals surface area contributed by atoms with E-state index in [0.717, 1.165) is 18.9 Å². The summed E-state index contributed by atoms with van der Waals surface area (Å²) in [6.45, 7) is 3.11. The van der Waals surface area contributed by atoms with Crippen LogP contribution in [0.2, 0.25) is 0 Å². The third-order valence-corrected chi connectivity index (χ3v) is 5.53. The van der Waals surface area contributed by atoms with Crippen molar-refractivity contribution in [2.75, 3.05) is 36.4 Å². The molecule has 0 unspecified atom stereocenters. The van der Waals surface area contributed by atoms with Gasteiger partial charge in [-0.25, -0.2) is 9.97 Å². The summed E-state index contributed by atoms with van der Waals surface area (Å²) in [7, 11) is 0. The molecule has 2 fully saturated rings. The molecule has 1 aliphatic heterocycles. The van der Waals surface area contributed by atoms with Gasteiger partial charge in [-0.15, -0.1) is 0 Å². The number of nitrogens with zero attached hydrogens (tertiary/aromatic N) is 4. The van der Waals surface area contributed by atoms with E-state index < -0.39 is 0 Å². The Labute approximate surface area is 160 Å². The van der Waals surface area contributed by atoms with E-state index in [4.69, 9.17) is 0 Å². The third kappa shape index (κ3) is 4.38. The van der Waals surface area contributed by atoms with Crippen LogP contribution in [0, 0.1) is 0 Å². The van der Waals surface area contributed by atoms with Gasteiger partial charge >= 0.3 is 0 Å². The van der Waals surface area contributed by atoms with E-state index in [2.05, 4.69) is 44.5 Å². The fourth-order valence-electron chi connectivity index (χ4n) is 3.98. The molecule has 0 bridgehead atoms. The van der Waals surface area contributed by atoms with E-state index in [9.17, 15) is 4.79 Å². The summed E-state index contributed by atoms with van der Waals surface area (Å²) < 4.78 is 0. The molecule has 4 rings (SSSR count). The van der Waals surface area contributed by atoms with Crippen molar-refractivity contribution in [1.82, 2.24) is 14.9 Å². The molecular weight excluding hydrogens is 338 g/mol. The first-order chi connectivity index (χ1) is 13.3. The van der Waals surface area contributed by atoms with Crippen molar-refractivity contribution in [3.05, 3.63) is 48.4 Å². The second-order valence-corrected chi connectivity index (χ2v) is 7.38. The van der Waals surface area contributed by atoms with Gasteiger partial charge in [0.15, 0.2) is 0 Å². The molecule has 0 radical (unpaired) electrons. The number of nitrogens with one attached hydrogen (secondary N) is 1. The summed E-state index contributed by atoms with van der Waals surface area (Å²) in [5.41, 5.74) is 1.70. The van der Waals surface area contributed by atoms with Gasteiger partial charge in [-0.3, -0.25) is 4.79 Å². The van der Waals surface area contributed by atoms with Gasteiger partial charge in [-0.2, -0.15) is 0 Å². The molecule has 1 amide bonds. The number of amides is 1. The Kier molecular flexibility index (Phi) is 5.51. The number of benzene rings is 1. The molecule has 1 saturated heterocycles. The lowest BCUT2D eigenvalue weighted by atomic mass is 9.95. The Morgan fingerprint density at radius 1 is 0.963 bits per heavy atom. The Bertz CT molecular complexity index is 752. The van der Waals surface area contributed by atoms with E-state index in [-0.39, 0.29) is 5.91 Å². The maximum absolute atomic E-state index is 12.9. The zero-order chi connectivity index (χ0) is 18.5. The molecule has 2 aromatic rings. The molecule has 2 aliphatic rings. The van der Waals surface area contributed by atoms with Crippen molar-refractivity contribution in [1.29, 1.82) is 0 Å². The summed E-state index contributed by atoms with van der Waals surface area (Å²) >= 11 is 0. The Hall–Kier alpha value is -2.63. The molecule has 2 heterocycles. The number of aromatic nitrogens is 2. The number of piperazine rings is 1. The molecule has 142 valence electrons. The van der Waals surface area contributed by atoms with Crippen LogP contribution in [0.5, 0.6) is 0 Å². The second kappa shape index (κ2) is 8.37. The molecule has 27 heavy (non-hydrogen) atoms. The lowest BCUT2D eigenvalue weighted by Gasteiger charge is -2.36. The van der Waals surface area contributed by atoms with Gasteiger partial charge in [-0.05, 0) is 25.0 Å². The monoisotopic (exact) mass is 365 g/mol. The SMILES string of the molecule is O=C(c1cc(NC2CCCCC2)ncn1)N1CCN(c2ccccc2)CC1. The lowest BCUT2D eigenvalue weighted by Crippen LogP contribution is -2.49. The number of hydrogen-bond donors (Lipinski definition) is 1. The van der Waals surface area contributed by atoms with Crippen LogP contribution < -0.4 is 10.2 Å². The highest BCUT2D eigenvalue weighted by atomic mass is 16.2. The molecule has 1 aromatic heterocycles. The van der Waals surface area contributed by atoms with Crippen molar-refractivity contribution < 1.29 is 4.79 Å². The van der Waals surface area contributed by atoms with Crippen molar-refractivity contribution in [2.24, 2.45) is 0 Å². The summed E-state index contributed by atoms with van der Waals surface area (Å²) in [5.74, 6) is 0.764. The van der Waals surface area contributed by atoms with Crippen molar-refractivity contribution in [3.63, 3.8) is 0 Å². The summed E-state index contributed by atoms with van der Waals surface area (Å²) in [6.07, 6.45) is 7.70. The Morgan fingerprint density at radius 3 is 2.44 bits per heavy atom. The van der Waals surface area contributed by atoms with E-state index >= 15 is 0 Å². The van der Waals surface area contributed by atoms with Gasteiger partial charge in [0.05, 0.1) is 0 Å². The van der Waals surface area contributed by atoms with Crippen LogP contribution in [0.3, 0.4) is 0 Å². The predicted octanol–water partition coefficient (Wildman–Crippen LogP) is 3.18. The minimum absolute atomic E-state index is 0.00296. The normalized spacial score (nSPS) is 18.4. The van der Waals surface area contributed by atoms with E-state index in [1.54, 1.807) is 6.07 Å². The van der Waals surface area contributed by atoms with Crippen LogP contribution in [0.1, 0.15) is 42.6 Å². The molecule has 6 nitrogen and oxygen atoms in total. The number of para-hydroxylation sites is 1. The molecule has 1 aliphatic carbocycles. The number of carbonyl (C=O) groups excluding carboxylic acids is 1. The topological polar surface area (TPSA) is 61.4 Å². The van der Waals surface area contributed by atoms with Gasteiger partial charge in [0.25, 0.3) is 5.91 Å². The Morgan fingerprint density at radius 2 is 1.70 bits per heavy atom. The van der Waals surface area contributed by atoms with Crippen LogP contribution in [-0.4, -0.2) is 53.0 Å². The molecule has 6 heteroatoms. The van der Waals surface area contributed by atoms with Gasteiger partial charge in [0.2, 0.25) is 0 Å². The standard InChI is InChI=1S/C21H27N5O/c27-21(26-13-11-25(12-14-26)18-9-5-2-6-10-18)19-15-20(23-16-22-19)24-17-7-3-1-4-8-17/h2,5-6,9-10,15-17H,1,3-4,7-8,11-14H2,(H,22,23,24). The quantitative estimate of drug-likeness (QED) is 0.902. The highest BCUT2D eigenvalue weighted by Gasteiger charge is 2.23. The van der Waals surface area contributed by atoms with E-state index in [1.807, 2.05) is 11.0 Å². The number of carbonyl (C=O) groups is 1. The predicted molar refractivity (Wildman–Crippen MR) is 107 cm³/mol. The lowest BCUT2D eigenvalue weighted by molar-refractivity contribution is 0.0740. The zero-order valence-corrected chi connectivity index (χ0v) is 15.7. The van der Waals surface area contributed by atoms with Crippen molar-refractivity contribution >= 4 is 17.4 Å². The van der Waals surface area contributed by atoms with Gasteiger partial charge in [0, 0.05) is 44.0 Å². The molecule has 1 saturated carbocycles. The fourth-order valence-corrected chi connectivity index (χ4v) is 3.98. The van der Waals surface area contributed by atoms with Gasteiger partial charge < -0.3 is 15.1 Å². The first-order valence-electron chi connectivity index (χ1n) is 9.97. The minimum Gasteiger partial charge on any atom is -0.368 e. The highest BCUT2D eigenvalue weighted by molar-refractivity contribution is 5.93. The number of rotatable bonds is 4. The maximum atomic E-state index is 12.9. The zero-order valence-electron chi connectivity index (χ0n) is 15.7. The third-order valence-electron chi connectivity index (χ3n) is 5.53. The number of hydrogen-bond acceptors (Lipinski definition) is 5. The van der Waals surface area contributed by atoms with Crippen LogP contribution in [0.25, 0.3) is 0 Å². The molecular formula is C21H27N5O. The van der Waals surface area contributed by atoms with Gasteiger partial charge in [-0.1, -0.05) is 37.5 Å². The van der Waals surface area contributed by atoms with E-state index in [0.29, 0.717) is 24.8 Å². The van der Waals surface area contributed by atoms with Crippen LogP contribution in [0.4, 0.5) is 11.5 Å². The number of anilines is 2. The molecule has 0 atom stereocenters. The molecule has 1 aromatic carbocycles. The first kappa shape index (κ1) is 17.8. The summed E-state index contributed by atoms with van der Waals surface area (Å²) in [5, 5.41) is 3.48. The Balaban J connectivity index is 1.36. The highest BCUT2D eigenvalue weighted by Crippen LogP contribution is 2.21. The van der Waals surface area contributed by atoms with Gasteiger partial charge in [0.1, 0.15) is 17.8 Å². The minimum atomic E-state index is -0.00296. The largest absolute Gasteiger partial charge is 0.368 e. The van der Waals surface area contributed by atoms with Crippen LogP contribution in [0.15, 0.2) is 42.7 Å². The summed E-state index contributed by atoms with van der Waals surface area (Å²) in [6, 6.07) is 12.6. The average Bonchev–Trinajstić information content (AvgIpc) is 2.75. The smallest absolute Gasteiger partial charge is 0.272 e. The summed E-state index contributed by atoms with van der Waals surface area (Å²) in [4.78, 5) is 25.6. The first-order valence-corrected chi connectivity index (χ1v) is 9.97. The fraction of sp³-hybridized carbons (Fsp3) is 0.476. The van der Waals surface area contributed by atoms with Crippen LogP contribution >= 0.6 is 0 Å². The molecule has 0 spiro atoms. The molecule has 1 N–H and O–H groups in total. The maximum Gasteiger partial charge on any atom is 0.272 e. The van der Waals surface area contributed by atoms with Crippen molar-refractivity contribution in [3.8, 4) is 0 Å². The average molecular weight is 365 g/mol. The van der Waals surface area contributed by atoms with Crippen molar-refractivity contribution in [2.45, 2.75) is 38.1 Å². The second-order valence-electron chi connectivity index (χ2n) is 7.38. The van der Waals surface area contributed by atoms with E-state index in [1.165, 1.54) is 44.1 Å². The van der Waals surface area contributed by atoms with Crippen LogP contribution in [-0.2, 0) is 0 Å².